The minimum Gasteiger partial charge on any atom is -0.377 e. The molecule has 8 heteroatoms. The fourth-order valence-electron chi connectivity index (χ4n) is 2.64. The molecule has 0 spiro atoms. The van der Waals surface area contributed by atoms with Crippen LogP contribution in [-0.4, -0.2) is 21.2 Å². The largest absolute Gasteiger partial charge is 0.377 e. The van der Waals surface area contributed by atoms with Crippen molar-refractivity contribution in [3.63, 3.8) is 0 Å². The van der Waals surface area contributed by atoms with Gasteiger partial charge in [-0.3, -0.25) is 4.40 Å². The first-order valence-corrected chi connectivity index (χ1v) is 9.58. The van der Waals surface area contributed by atoms with Crippen molar-refractivity contribution in [2.24, 2.45) is 0 Å². The quantitative estimate of drug-likeness (QED) is 0.609. The number of allylic oxidation sites excluding steroid dienone is 1. The molecule has 2 heterocycles. The summed E-state index contributed by atoms with van der Waals surface area (Å²) in [5.41, 5.74) is 1.54. The Kier molecular flexibility index (Phi) is 8.44. The Labute approximate surface area is 174 Å². The number of nitriles is 1. The average Bonchev–Trinajstić information content (AvgIpc) is 3.12. The van der Waals surface area contributed by atoms with E-state index in [1.807, 2.05) is 0 Å². The summed E-state index contributed by atoms with van der Waals surface area (Å²) in [6.45, 7) is 9.68. The van der Waals surface area contributed by atoms with Crippen LogP contribution in [0.1, 0.15) is 50.2 Å². The maximum absolute atomic E-state index is 13.7. The third kappa shape index (κ3) is 5.84. The predicted molar refractivity (Wildman–Crippen MR) is 110 cm³/mol. The number of halogens is 2. The molecule has 0 saturated carbocycles. The monoisotopic (exact) mass is 413 g/mol. The standard InChI is InChI=1S/C19H17F2N5O.C3H8/c1-12(2)23-17(11-27-10-14-15(20)4-3-5-16(14)21)19-25-24-18-7-6-13(8-22)9-26(18)19;1-3-2/h3-7,9,17,23H,1,10-11H2,2H3;3H2,1-2H3. The summed E-state index contributed by atoms with van der Waals surface area (Å²) < 4.78 is 34.7. The van der Waals surface area contributed by atoms with Gasteiger partial charge in [0, 0.05) is 17.5 Å². The SMILES string of the molecule is C=C(C)NC(COCc1c(F)cccc1F)c1nnc2ccc(C#N)cn12.CCC. The van der Waals surface area contributed by atoms with Crippen molar-refractivity contribution >= 4 is 5.65 Å². The lowest BCUT2D eigenvalue weighted by Crippen LogP contribution is -2.26. The van der Waals surface area contributed by atoms with Crippen molar-refractivity contribution in [2.75, 3.05) is 6.61 Å². The smallest absolute Gasteiger partial charge is 0.162 e. The van der Waals surface area contributed by atoms with Gasteiger partial charge in [0.25, 0.3) is 0 Å². The molecule has 0 fully saturated rings. The number of nitrogens with zero attached hydrogens (tertiary/aromatic N) is 4. The summed E-state index contributed by atoms with van der Waals surface area (Å²) in [6, 6.07) is 8.58. The minimum atomic E-state index is -0.661. The van der Waals surface area contributed by atoms with Crippen LogP contribution in [0.2, 0.25) is 0 Å². The summed E-state index contributed by atoms with van der Waals surface area (Å²) in [5, 5.41) is 20.4. The summed E-state index contributed by atoms with van der Waals surface area (Å²) in [5.74, 6) is -0.823. The highest BCUT2D eigenvalue weighted by molar-refractivity contribution is 5.43. The zero-order valence-corrected chi connectivity index (χ0v) is 17.3. The second kappa shape index (κ2) is 11.0. The molecular formula is C22H25F2N5O. The van der Waals surface area contributed by atoms with E-state index in [9.17, 15) is 8.78 Å². The van der Waals surface area contributed by atoms with Crippen molar-refractivity contribution < 1.29 is 13.5 Å². The third-order valence-electron chi connectivity index (χ3n) is 3.88. The lowest BCUT2D eigenvalue weighted by atomic mass is 10.2. The fourth-order valence-corrected chi connectivity index (χ4v) is 2.64. The van der Waals surface area contributed by atoms with Crippen molar-refractivity contribution in [1.82, 2.24) is 19.9 Å². The van der Waals surface area contributed by atoms with E-state index in [0.29, 0.717) is 22.7 Å². The molecule has 6 nitrogen and oxygen atoms in total. The molecule has 1 unspecified atom stereocenters. The van der Waals surface area contributed by atoms with Gasteiger partial charge in [-0.15, -0.1) is 10.2 Å². The number of fused-ring (bicyclic) bond motifs is 1. The molecule has 0 aliphatic heterocycles. The van der Waals surface area contributed by atoms with Gasteiger partial charge in [-0.25, -0.2) is 8.78 Å². The summed E-state index contributed by atoms with van der Waals surface area (Å²) in [6.07, 6.45) is 2.87. The molecule has 0 radical (unpaired) electrons. The number of rotatable bonds is 7. The van der Waals surface area contributed by atoms with Crippen LogP contribution in [0.3, 0.4) is 0 Å². The number of benzene rings is 1. The first-order valence-electron chi connectivity index (χ1n) is 9.58. The Morgan fingerprint density at radius 1 is 1.23 bits per heavy atom. The maximum atomic E-state index is 13.7. The van der Waals surface area contributed by atoms with Gasteiger partial charge in [-0.05, 0) is 31.2 Å². The van der Waals surface area contributed by atoms with Gasteiger partial charge in [0.15, 0.2) is 11.5 Å². The Hall–Kier alpha value is -3.31. The highest BCUT2D eigenvalue weighted by Gasteiger charge is 2.19. The Morgan fingerprint density at radius 2 is 1.90 bits per heavy atom. The lowest BCUT2D eigenvalue weighted by Gasteiger charge is -2.19. The van der Waals surface area contributed by atoms with E-state index in [2.05, 4.69) is 42.0 Å². The first kappa shape index (κ1) is 23.0. The normalized spacial score (nSPS) is 11.3. The fraction of sp³-hybridized carbons (Fsp3) is 0.318. The molecular weight excluding hydrogens is 388 g/mol. The van der Waals surface area contributed by atoms with Crippen LogP contribution in [0.25, 0.3) is 5.65 Å². The van der Waals surface area contributed by atoms with E-state index in [0.717, 1.165) is 0 Å². The Bertz CT molecular complexity index is 1020. The zero-order chi connectivity index (χ0) is 22.1. The number of aromatic nitrogens is 3. The van der Waals surface area contributed by atoms with E-state index in [4.69, 9.17) is 10.00 Å². The summed E-state index contributed by atoms with van der Waals surface area (Å²) in [7, 11) is 0. The minimum absolute atomic E-state index is 0.0677. The first-order chi connectivity index (χ1) is 14.4. The molecule has 158 valence electrons. The zero-order valence-electron chi connectivity index (χ0n) is 17.3. The van der Waals surface area contributed by atoms with Gasteiger partial charge >= 0.3 is 0 Å². The van der Waals surface area contributed by atoms with Gasteiger partial charge in [0.05, 0.1) is 18.8 Å². The van der Waals surface area contributed by atoms with Gasteiger partial charge in [-0.2, -0.15) is 5.26 Å². The van der Waals surface area contributed by atoms with E-state index in [-0.39, 0.29) is 18.8 Å². The van der Waals surface area contributed by atoms with Gasteiger partial charge < -0.3 is 10.1 Å². The Morgan fingerprint density at radius 3 is 2.50 bits per heavy atom. The van der Waals surface area contributed by atoms with Crippen molar-refractivity contribution in [3.05, 3.63) is 77.4 Å². The topological polar surface area (TPSA) is 75.2 Å². The highest BCUT2D eigenvalue weighted by Crippen LogP contribution is 2.18. The van der Waals surface area contributed by atoms with E-state index < -0.39 is 17.7 Å². The van der Waals surface area contributed by atoms with Crippen molar-refractivity contribution in [2.45, 2.75) is 39.8 Å². The van der Waals surface area contributed by atoms with Crippen LogP contribution in [0.15, 0.2) is 48.8 Å². The molecule has 0 aliphatic carbocycles. The molecule has 1 atom stereocenters. The van der Waals surface area contributed by atoms with Crippen LogP contribution in [0.4, 0.5) is 8.78 Å². The highest BCUT2D eigenvalue weighted by atomic mass is 19.1. The second-order valence-corrected chi connectivity index (χ2v) is 6.72. The van der Waals surface area contributed by atoms with E-state index in [1.165, 1.54) is 24.6 Å². The molecule has 0 aliphatic rings. The molecule has 3 aromatic rings. The third-order valence-corrected chi connectivity index (χ3v) is 3.88. The molecule has 3 rings (SSSR count). The maximum Gasteiger partial charge on any atom is 0.162 e. The molecule has 30 heavy (non-hydrogen) atoms. The molecule has 1 aromatic carbocycles. The van der Waals surface area contributed by atoms with Crippen LogP contribution in [0, 0.1) is 23.0 Å². The van der Waals surface area contributed by atoms with E-state index >= 15 is 0 Å². The van der Waals surface area contributed by atoms with Gasteiger partial charge in [0.2, 0.25) is 0 Å². The van der Waals surface area contributed by atoms with Gasteiger partial charge in [-0.1, -0.05) is 32.9 Å². The van der Waals surface area contributed by atoms with Crippen LogP contribution >= 0.6 is 0 Å². The number of ether oxygens (including phenoxy) is 1. The number of nitrogens with one attached hydrogen (secondary N) is 1. The van der Waals surface area contributed by atoms with Crippen LogP contribution in [0.5, 0.6) is 0 Å². The Balaban J connectivity index is 0.00000101. The van der Waals surface area contributed by atoms with Crippen molar-refractivity contribution in [3.8, 4) is 6.07 Å². The van der Waals surface area contributed by atoms with Crippen molar-refractivity contribution in [1.29, 1.82) is 5.26 Å². The van der Waals surface area contributed by atoms with E-state index in [1.54, 1.807) is 29.7 Å². The average molecular weight is 413 g/mol. The molecule has 1 N–H and O–H groups in total. The lowest BCUT2D eigenvalue weighted by molar-refractivity contribution is 0.0946. The molecule has 0 bridgehead atoms. The molecule has 2 aromatic heterocycles. The summed E-state index contributed by atoms with van der Waals surface area (Å²) in [4.78, 5) is 0. The van der Waals surface area contributed by atoms with Crippen LogP contribution in [-0.2, 0) is 11.3 Å². The molecule has 0 saturated heterocycles. The predicted octanol–water partition coefficient (Wildman–Crippen LogP) is 4.68. The number of hydrogen-bond donors (Lipinski definition) is 1. The summed E-state index contributed by atoms with van der Waals surface area (Å²) >= 11 is 0. The van der Waals surface area contributed by atoms with Crippen LogP contribution < -0.4 is 5.32 Å². The molecule has 0 amide bonds. The van der Waals surface area contributed by atoms with Gasteiger partial charge in [0.1, 0.15) is 23.7 Å². The second-order valence-electron chi connectivity index (χ2n) is 6.72. The number of hydrogen-bond acceptors (Lipinski definition) is 5. The number of pyridine rings is 1.